The molecule has 0 fully saturated rings. The molecule has 154 valence electrons. The fourth-order valence-electron chi connectivity index (χ4n) is 3.81. The Morgan fingerprint density at radius 2 is 2.03 bits per heavy atom. The number of benzene rings is 1. The second-order valence-corrected chi connectivity index (χ2v) is 7.59. The van der Waals surface area contributed by atoms with Crippen LogP contribution in [0.25, 0.3) is 11.0 Å². The lowest BCUT2D eigenvalue weighted by Gasteiger charge is -2.32. The first-order valence-electron chi connectivity index (χ1n) is 9.88. The van der Waals surface area contributed by atoms with Gasteiger partial charge in [-0.05, 0) is 35.7 Å². The SMILES string of the molecule is CCC(C)C1C(=O)Nc2ccccc2CN1C(=O)c1cc2nc(C(N)=O)ccc2[nH]1. The summed E-state index contributed by atoms with van der Waals surface area (Å²) in [6.07, 6.45) is 0.744. The van der Waals surface area contributed by atoms with E-state index in [0.29, 0.717) is 23.3 Å². The highest BCUT2D eigenvalue weighted by Gasteiger charge is 2.37. The Morgan fingerprint density at radius 1 is 1.27 bits per heavy atom. The zero-order valence-corrected chi connectivity index (χ0v) is 16.8. The maximum absolute atomic E-state index is 13.5. The first-order valence-corrected chi connectivity index (χ1v) is 9.88. The topological polar surface area (TPSA) is 121 Å². The quantitative estimate of drug-likeness (QED) is 0.618. The van der Waals surface area contributed by atoms with Crippen LogP contribution in [0.1, 0.15) is 46.8 Å². The number of hydrogen-bond donors (Lipinski definition) is 3. The smallest absolute Gasteiger partial charge is 0.271 e. The van der Waals surface area contributed by atoms with E-state index in [4.69, 9.17) is 5.73 Å². The lowest BCUT2D eigenvalue weighted by atomic mass is 9.96. The zero-order valence-electron chi connectivity index (χ0n) is 16.8. The Morgan fingerprint density at radius 3 is 2.77 bits per heavy atom. The van der Waals surface area contributed by atoms with Gasteiger partial charge in [0.2, 0.25) is 5.91 Å². The third-order valence-corrected chi connectivity index (χ3v) is 5.62. The molecule has 3 amide bonds. The van der Waals surface area contributed by atoms with E-state index in [9.17, 15) is 14.4 Å². The maximum atomic E-state index is 13.5. The normalized spacial score (nSPS) is 17.2. The highest BCUT2D eigenvalue weighted by molar-refractivity contribution is 6.04. The molecule has 0 radical (unpaired) electrons. The van der Waals surface area contributed by atoms with Crippen LogP contribution in [0.15, 0.2) is 42.5 Å². The van der Waals surface area contributed by atoms with Crippen molar-refractivity contribution in [3.8, 4) is 0 Å². The van der Waals surface area contributed by atoms with Gasteiger partial charge in [0.25, 0.3) is 11.8 Å². The lowest BCUT2D eigenvalue weighted by molar-refractivity contribution is -0.122. The van der Waals surface area contributed by atoms with E-state index in [1.165, 1.54) is 6.07 Å². The summed E-state index contributed by atoms with van der Waals surface area (Å²) < 4.78 is 0. The van der Waals surface area contributed by atoms with Gasteiger partial charge in [0.15, 0.2) is 0 Å². The first kappa shape index (κ1) is 19.6. The monoisotopic (exact) mass is 405 g/mol. The number of fused-ring (bicyclic) bond motifs is 2. The summed E-state index contributed by atoms with van der Waals surface area (Å²) in [5, 5.41) is 2.96. The number of nitrogens with two attached hydrogens (primary N) is 1. The third kappa shape index (κ3) is 3.41. The second-order valence-electron chi connectivity index (χ2n) is 7.59. The van der Waals surface area contributed by atoms with Crippen LogP contribution in [-0.4, -0.2) is 38.6 Å². The van der Waals surface area contributed by atoms with E-state index >= 15 is 0 Å². The molecule has 1 aliphatic rings. The predicted molar refractivity (Wildman–Crippen MR) is 113 cm³/mol. The molecule has 3 aromatic rings. The zero-order chi connectivity index (χ0) is 21.4. The minimum absolute atomic E-state index is 0.0350. The molecule has 3 heterocycles. The van der Waals surface area contributed by atoms with Crippen LogP contribution < -0.4 is 11.1 Å². The van der Waals surface area contributed by atoms with Gasteiger partial charge in [-0.1, -0.05) is 38.5 Å². The summed E-state index contributed by atoms with van der Waals surface area (Å²) in [7, 11) is 0. The van der Waals surface area contributed by atoms with Crippen molar-refractivity contribution in [3.05, 3.63) is 59.4 Å². The largest absolute Gasteiger partial charge is 0.364 e. The van der Waals surface area contributed by atoms with E-state index < -0.39 is 11.9 Å². The van der Waals surface area contributed by atoms with Gasteiger partial charge in [-0.2, -0.15) is 0 Å². The molecular weight excluding hydrogens is 382 g/mol. The van der Waals surface area contributed by atoms with Gasteiger partial charge >= 0.3 is 0 Å². The Hall–Kier alpha value is -3.68. The predicted octanol–water partition coefficient (Wildman–Crippen LogP) is 2.67. The summed E-state index contributed by atoms with van der Waals surface area (Å²) in [4.78, 5) is 46.8. The number of primary amides is 1. The van der Waals surface area contributed by atoms with Crippen LogP contribution in [0.5, 0.6) is 0 Å². The third-order valence-electron chi connectivity index (χ3n) is 5.62. The standard InChI is InChI=1S/C22H23N5O3/c1-3-12(2)19-21(29)26-14-7-5-4-6-13(14)11-27(19)22(30)18-10-17-15(24-18)8-9-16(25-17)20(23)28/h4-10,12,19,24H,3,11H2,1-2H3,(H2,23,28)(H,26,29). The molecular formula is C22H23N5O3. The van der Waals surface area contributed by atoms with Gasteiger partial charge in [-0.15, -0.1) is 0 Å². The fraction of sp³-hybridized carbons (Fsp3) is 0.273. The number of rotatable bonds is 4. The number of aromatic amines is 1. The van der Waals surface area contributed by atoms with Crippen molar-refractivity contribution in [1.82, 2.24) is 14.9 Å². The lowest BCUT2D eigenvalue weighted by Crippen LogP contribution is -2.49. The number of anilines is 1. The Kier molecular flexibility index (Phi) is 4.99. The van der Waals surface area contributed by atoms with Crippen LogP contribution in [-0.2, 0) is 11.3 Å². The minimum Gasteiger partial charge on any atom is -0.364 e. The van der Waals surface area contributed by atoms with E-state index in [0.717, 1.165) is 17.7 Å². The van der Waals surface area contributed by atoms with Gasteiger partial charge < -0.3 is 20.9 Å². The van der Waals surface area contributed by atoms with Crippen LogP contribution in [0.3, 0.4) is 0 Å². The highest BCUT2D eigenvalue weighted by atomic mass is 16.2. The van der Waals surface area contributed by atoms with E-state index in [1.54, 1.807) is 17.0 Å². The molecule has 2 unspecified atom stereocenters. The summed E-state index contributed by atoms with van der Waals surface area (Å²) in [6.45, 7) is 4.27. The maximum Gasteiger partial charge on any atom is 0.271 e. The molecule has 0 spiro atoms. The molecule has 0 bridgehead atoms. The van der Waals surface area contributed by atoms with Crippen molar-refractivity contribution in [2.75, 3.05) is 5.32 Å². The van der Waals surface area contributed by atoms with Crippen molar-refractivity contribution < 1.29 is 14.4 Å². The van der Waals surface area contributed by atoms with E-state index in [-0.39, 0.29) is 23.4 Å². The Balaban J connectivity index is 1.76. The van der Waals surface area contributed by atoms with Crippen LogP contribution in [0.2, 0.25) is 0 Å². The number of pyridine rings is 1. The molecule has 1 aliphatic heterocycles. The van der Waals surface area contributed by atoms with Gasteiger partial charge in [-0.25, -0.2) is 4.98 Å². The number of hydrogen-bond acceptors (Lipinski definition) is 4. The summed E-state index contributed by atoms with van der Waals surface area (Å²) in [5.74, 6) is -1.17. The number of H-pyrrole nitrogens is 1. The van der Waals surface area contributed by atoms with Gasteiger partial charge in [-0.3, -0.25) is 14.4 Å². The van der Waals surface area contributed by atoms with Crippen molar-refractivity contribution >= 4 is 34.4 Å². The second kappa shape index (κ2) is 7.62. The fourth-order valence-corrected chi connectivity index (χ4v) is 3.81. The van der Waals surface area contributed by atoms with Gasteiger partial charge in [0, 0.05) is 12.2 Å². The van der Waals surface area contributed by atoms with Crippen LogP contribution in [0.4, 0.5) is 5.69 Å². The molecule has 2 aromatic heterocycles. The molecule has 1 aromatic carbocycles. The van der Waals surface area contributed by atoms with Crippen LogP contribution in [0, 0.1) is 5.92 Å². The molecule has 8 heteroatoms. The molecule has 0 saturated carbocycles. The van der Waals surface area contributed by atoms with Crippen LogP contribution >= 0.6 is 0 Å². The van der Waals surface area contributed by atoms with Crippen molar-refractivity contribution in [1.29, 1.82) is 0 Å². The number of nitrogens with zero attached hydrogens (tertiary/aromatic N) is 2. The molecule has 4 N–H and O–H groups in total. The van der Waals surface area contributed by atoms with Gasteiger partial charge in [0.05, 0.1) is 11.0 Å². The number of aromatic nitrogens is 2. The van der Waals surface area contributed by atoms with Gasteiger partial charge in [0.1, 0.15) is 17.4 Å². The number of carbonyl (C=O) groups excluding carboxylic acids is 3. The van der Waals surface area contributed by atoms with E-state index in [1.807, 2.05) is 38.1 Å². The minimum atomic E-state index is -0.636. The Labute approximate surface area is 173 Å². The number of para-hydroxylation sites is 1. The summed E-state index contributed by atoms with van der Waals surface area (Å²) >= 11 is 0. The first-order chi connectivity index (χ1) is 14.4. The summed E-state index contributed by atoms with van der Waals surface area (Å²) in [6, 6.07) is 11.6. The average Bonchev–Trinajstić information content (AvgIpc) is 3.10. The summed E-state index contributed by atoms with van der Waals surface area (Å²) in [5.41, 5.74) is 8.40. The highest BCUT2D eigenvalue weighted by Crippen LogP contribution is 2.29. The molecule has 8 nitrogen and oxygen atoms in total. The molecule has 2 atom stereocenters. The Bertz CT molecular complexity index is 1150. The van der Waals surface area contributed by atoms with E-state index in [2.05, 4.69) is 15.3 Å². The molecule has 0 saturated heterocycles. The molecule has 4 rings (SSSR count). The number of amides is 3. The number of carbonyl (C=O) groups is 3. The number of nitrogens with one attached hydrogen (secondary N) is 2. The van der Waals surface area contributed by atoms with Crippen molar-refractivity contribution in [2.45, 2.75) is 32.9 Å². The van der Waals surface area contributed by atoms with Crippen molar-refractivity contribution in [2.24, 2.45) is 11.7 Å². The molecule has 0 aliphatic carbocycles. The molecule has 30 heavy (non-hydrogen) atoms. The van der Waals surface area contributed by atoms with Crippen molar-refractivity contribution in [3.63, 3.8) is 0 Å². The average molecular weight is 405 g/mol.